The normalized spacial score (nSPS) is 16.8. The summed E-state index contributed by atoms with van der Waals surface area (Å²) >= 11 is 0. The number of imidazole rings is 1. The second-order valence-electron chi connectivity index (χ2n) is 15.7. The Hall–Kier alpha value is -2.76. The number of nitrogens with zero attached hydrogens (tertiary/aromatic N) is 6. The molecule has 1 aliphatic rings. The van der Waals surface area contributed by atoms with E-state index in [2.05, 4.69) is 44.2 Å². The maximum atomic E-state index is 14.3. The van der Waals surface area contributed by atoms with Crippen molar-refractivity contribution in [3.63, 3.8) is 0 Å². The van der Waals surface area contributed by atoms with Gasteiger partial charge in [-0.3, -0.25) is 19.3 Å². The number of hydrogen-bond acceptors (Lipinski definition) is 7. The Bertz CT molecular complexity index is 1110. The van der Waals surface area contributed by atoms with Crippen LogP contribution in [0.25, 0.3) is 0 Å². The summed E-state index contributed by atoms with van der Waals surface area (Å²) < 4.78 is 0. The van der Waals surface area contributed by atoms with Crippen molar-refractivity contribution in [3.8, 4) is 0 Å². The number of likely N-dealkylation sites (N-methyl/N-ethyl adjacent to an activating group) is 1. The number of allylic oxidation sites excluding steroid dienone is 2. The van der Waals surface area contributed by atoms with Crippen molar-refractivity contribution in [2.24, 2.45) is 0 Å². The molecule has 1 unspecified atom stereocenters. The van der Waals surface area contributed by atoms with Gasteiger partial charge in [-0.15, -0.1) is 0 Å². The molecule has 1 aromatic heterocycles. The van der Waals surface area contributed by atoms with Gasteiger partial charge in [0.1, 0.15) is 6.04 Å². The van der Waals surface area contributed by atoms with Crippen molar-refractivity contribution in [1.29, 1.82) is 0 Å². The molecule has 1 aliphatic heterocycles. The molecule has 2 N–H and O–H groups in total. The van der Waals surface area contributed by atoms with E-state index in [9.17, 15) is 14.4 Å². The largest absolute Gasteiger partial charge is 0.351 e. The fraction of sp³-hybridized carbons (Fsp3) is 0.805. The van der Waals surface area contributed by atoms with Crippen molar-refractivity contribution in [1.82, 2.24) is 39.8 Å². The minimum atomic E-state index is -0.611. The van der Waals surface area contributed by atoms with Crippen LogP contribution in [0, 0.1) is 0 Å². The zero-order valence-corrected chi connectivity index (χ0v) is 34.2. The van der Waals surface area contributed by atoms with Crippen LogP contribution < -0.4 is 5.32 Å². The van der Waals surface area contributed by atoms with Gasteiger partial charge >= 0.3 is 0 Å². The van der Waals surface area contributed by atoms with Gasteiger partial charge in [0.05, 0.1) is 12.4 Å². The Kier molecular flexibility index (Phi) is 23.5. The van der Waals surface area contributed by atoms with E-state index >= 15 is 0 Å². The first-order valence-corrected chi connectivity index (χ1v) is 20.5. The van der Waals surface area contributed by atoms with Crippen LogP contribution in [0.2, 0.25) is 0 Å². The van der Waals surface area contributed by atoms with Gasteiger partial charge in [0.2, 0.25) is 17.7 Å². The smallest absolute Gasteiger partial charge is 0.245 e. The zero-order valence-electron chi connectivity index (χ0n) is 34.2. The van der Waals surface area contributed by atoms with Gasteiger partial charge in [0.25, 0.3) is 0 Å². The third kappa shape index (κ3) is 18.8. The van der Waals surface area contributed by atoms with E-state index in [1.54, 1.807) is 17.4 Å². The number of H-pyrrole nitrogens is 1. The molecule has 2 heterocycles. The highest BCUT2D eigenvalue weighted by molar-refractivity contribution is 5.91. The number of carbonyl (C=O) groups is 3. The lowest BCUT2D eigenvalue weighted by Gasteiger charge is -2.34. The molecule has 0 aliphatic carbocycles. The number of carbonyl (C=O) groups excluding carboxylic acids is 3. The maximum absolute atomic E-state index is 14.3. The van der Waals surface area contributed by atoms with Crippen molar-refractivity contribution in [2.75, 3.05) is 75.0 Å². The second-order valence-corrected chi connectivity index (χ2v) is 15.7. The number of aromatic nitrogens is 2. The molecular weight excluding hydrogens is 653 g/mol. The molecule has 0 aromatic carbocycles. The zero-order chi connectivity index (χ0) is 38.1. The van der Waals surface area contributed by atoms with Crippen molar-refractivity contribution in [3.05, 3.63) is 30.4 Å². The third-order valence-corrected chi connectivity index (χ3v) is 10.2. The molecule has 0 radical (unpaired) electrons. The average molecular weight is 729 g/mol. The first kappa shape index (κ1) is 45.4. The van der Waals surface area contributed by atoms with Gasteiger partial charge in [-0.1, -0.05) is 70.4 Å². The van der Waals surface area contributed by atoms with Gasteiger partial charge < -0.3 is 29.9 Å². The van der Waals surface area contributed by atoms with E-state index in [1.165, 1.54) is 57.8 Å². The summed E-state index contributed by atoms with van der Waals surface area (Å²) in [5.41, 5.74) is 0.868. The number of hydrogen-bond donors (Lipinski definition) is 2. The molecule has 1 fully saturated rings. The lowest BCUT2D eigenvalue weighted by atomic mass is 10.1. The van der Waals surface area contributed by atoms with Gasteiger partial charge in [-0.2, -0.15) is 0 Å². The maximum Gasteiger partial charge on any atom is 0.245 e. The highest BCUT2D eigenvalue weighted by Crippen LogP contribution is 2.24. The molecule has 0 saturated carbocycles. The monoisotopic (exact) mass is 729 g/mol. The molecule has 1 saturated heterocycles. The fourth-order valence-corrected chi connectivity index (χ4v) is 7.06. The predicted octanol–water partition coefficient (Wildman–Crippen LogP) is 5.74. The van der Waals surface area contributed by atoms with E-state index in [-0.39, 0.29) is 23.8 Å². The molecule has 11 heteroatoms. The Balaban J connectivity index is 1.94. The summed E-state index contributed by atoms with van der Waals surface area (Å²) in [4.78, 5) is 58.9. The predicted molar refractivity (Wildman–Crippen MR) is 214 cm³/mol. The fourth-order valence-electron chi connectivity index (χ4n) is 7.06. The second kappa shape index (κ2) is 26.9. The minimum Gasteiger partial charge on any atom is -0.351 e. The SMILES string of the molecule is CCCCCCCCC=CCCCCCCCC(=O)N[C@H]1C[C@@H](C(=O)N(CCCN(C)C)CCCN(C)C)N(C(=O)C(Cc2cnc[nH]2)N(C)C)C1. The molecule has 2 rings (SSSR count). The minimum absolute atomic E-state index is 0.0126. The number of likely N-dealkylation sites (tertiary alicyclic amines) is 1. The standard InChI is InChI=1S/C41H76N8O3/c1-8-9-10-11-12-13-14-15-16-17-18-19-20-21-22-25-39(50)44-36-31-38(40(51)48(28-23-26-45(2)3)29-24-27-46(4)5)49(33-36)41(52)37(47(6)7)30-35-32-42-34-43-35/h15-16,32,34,36-38H,8-14,17-31,33H2,1-7H3,(H,42,43)(H,44,50)/t36-,37?,38-/m0/s1. The summed E-state index contributed by atoms with van der Waals surface area (Å²) in [6, 6.07) is -1.33. The Labute approximate surface area is 317 Å². The summed E-state index contributed by atoms with van der Waals surface area (Å²) in [7, 11) is 12.0. The number of aromatic amines is 1. The topological polar surface area (TPSA) is 108 Å². The summed E-state index contributed by atoms with van der Waals surface area (Å²) in [6.07, 6.45) is 27.0. The molecule has 298 valence electrons. The van der Waals surface area contributed by atoms with Crippen LogP contribution in [0.15, 0.2) is 24.7 Å². The molecular formula is C41H76N8O3. The Morgan fingerprint density at radius 3 is 1.94 bits per heavy atom. The van der Waals surface area contributed by atoms with Crippen LogP contribution in [0.5, 0.6) is 0 Å². The van der Waals surface area contributed by atoms with Crippen LogP contribution in [0.3, 0.4) is 0 Å². The van der Waals surface area contributed by atoms with E-state index in [1.807, 2.05) is 52.1 Å². The van der Waals surface area contributed by atoms with E-state index in [0.29, 0.717) is 38.9 Å². The van der Waals surface area contributed by atoms with Crippen molar-refractivity contribution < 1.29 is 14.4 Å². The number of unbranched alkanes of at least 4 members (excludes halogenated alkanes) is 11. The van der Waals surface area contributed by atoms with E-state index in [4.69, 9.17) is 0 Å². The summed E-state index contributed by atoms with van der Waals surface area (Å²) in [5, 5.41) is 3.21. The average Bonchev–Trinajstić information content (AvgIpc) is 3.77. The Morgan fingerprint density at radius 1 is 0.827 bits per heavy atom. The van der Waals surface area contributed by atoms with Gasteiger partial charge in [-0.25, -0.2) is 4.98 Å². The number of nitrogens with one attached hydrogen (secondary N) is 2. The van der Waals surface area contributed by atoms with E-state index in [0.717, 1.165) is 57.3 Å². The molecule has 0 bridgehead atoms. The summed E-state index contributed by atoms with van der Waals surface area (Å²) in [6.45, 7) is 5.64. The molecule has 3 atom stereocenters. The first-order chi connectivity index (χ1) is 25.0. The first-order valence-electron chi connectivity index (χ1n) is 20.5. The number of amides is 3. The lowest BCUT2D eigenvalue weighted by molar-refractivity contribution is -0.146. The van der Waals surface area contributed by atoms with Crippen LogP contribution in [-0.4, -0.2) is 145 Å². The van der Waals surface area contributed by atoms with Gasteiger partial charge in [0, 0.05) is 50.4 Å². The quantitative estimate of drug-likeness (QED) is 0.0801. The van der Waals surface area contributed by atoms with Crippen molar-refractivity contribution >= 4 is 17.7 Å². The Morgan fingerprint density at radius 2 is 1.40 bits per heavy atom. The molecule has 52 heavy (non-hydrogen) atoms. The molecule has 0 spiro atoms. The third-order valence-electron chi connectivity index (χ3n) is 10.2. The van der Waals surface area contributed by atoms with Gasteiger partial charge in [0.15, 0.2) is 0 Å². The van der Waals surface area contributed by atoms with Crippen molar-refractivity contribution in [2.45, 2.75) is 141 Å². The summed E-state index contributed by atoms with van der Waals surface area (Å²) in [5.74, 6) is -0.0917. The lowest BCUT2D eigenvalue weighted by Crippen LogP contribution is -2.54. The molecule has 1 aromatic rings. The van der Waals surface area contributed by atoms with Gasteiger partial charge in [-0.05, 0) is 107 Å². The molecule has 11 nitrogen and oxygen atoms in total. The van der Waals surface area contributed by atoms with Crippen LogP contribution in [0.1, 0.15) is 122 Å². The highest BCUT2D eigenvalue weighted by Gasteiger charge is 2.44. The molecule has 3 amide bonds. The van der Waals surface area contributed by atoms with Crippen LogP contribution in [0.4, 0.5) is 0 Å². The van der Waals surface area contributed by atoms with Crippen LogP contribution in [-0.2, 0) is 20.8 Å². The van der Waals surface area contributed by atoms with E-state index < -0.39 is 12.1 Å². The number of rotatable bonds is 29. The van der Waals surface area contributed by atoms with Crippen LogP contribution >= 0.6 is 0 Å². The highest BCUT2D eigenvalue weighted by atomic mass is 16.2.